The minimum atomic E-state index is -3.29. The van der Waals surface area contributed by atoms with Gasteiger partial charge in [-0.3, -0.25) is 9.59 Å². The fraction of sp³-hybridized carbons (Fsp3) is 0.867. The lowest BCUT2D eigenvalue weighted by molar-refractivity contribution is -0.139. The van der Waals surface area contributed by atoms with Gasteiger partial charge in [0.1, 0.15) is 0 Å². The number of carbonyl (C=O) groups is 2. The summed E-state index contributed by atoms with van der Waals surface area (Å²) < 4.78 is 25.4. The van der Waals surface area contributed by atoms with Crippen LogP contribution in [-0.4, -0.2) is 54.1 Å². The Morgan fingerprint density at radius 2 is 1.91 bits per heavy atom. The number of aliphatic carboxylic acids is 1. The number of nitrogens with zero attached hydrogens (tertiary/aromatic N) is 1. The Morgan fingerprint density at radius 1 is 1.26 bits per heavy atom. The third-order valence-electron chi connectivity index (χ3n) is 4.95. The molecule has 8 heteroatoms. The first-order valence-electron chi connectivity index (χ1n) is 8.30. The Kier molecular flexibility index (Phi) is 5.67. The van der Waals surface area contributed by atoms with E-state index in [1.165, 1.54) is 4.31 Å². The van der Waals surface area contributed by atoms with Crippen LogP contribution in [0.15, 0.2) is 0 Å². The van der Waals surface area contributed by atoms with Crippen LogP contribution in [0.4, 0.5) is 0 Å². The molecule has 1 unspecified atom stereocenters. The minimum Gasteiger partial charge on any atom is -0.481 e. The van der Waals surface area contributed by atoms with Crippen molar-refractivity contribution in [2.45, 2.75) is 57.4 Å². The van der Waals surface area contributed by atoms with Crippen LogP contribution in [0.2, 0.25) is 0 Å². The number of hydrogen-bond acceptors (Lipinski definition) is 4. The van der Waals surface area contributed by atoms with Gasteiger partial charge in [-0.15, -0.1) is 0 Å². The average molecular weight is 346 g/mol. The summed E-state index contributed by atoms with van der Waals surface area (Å²) in [5, 5.41) is 12.0. The van der Waals surface area contributed by atoms with Crippen molar-refractivity contribution in [1.29, 1.82) is 0 Å². The lowest BCUT2D eigenvalue weighted by atomic mass is 9.90. The summed E-state index contributed by atoms with van der Waals surface area (Å²) in [6, 6.07) is 0. The molecule has 0 aromatic carbocycles. The zero-order chi connectivity index (χ0) is 17.1. The quantitative estimate of drug-likeness (QED) is 0.745. The first-order valence-corrected chi connectivity index (χ1v) is 9.90. The Bertz CT molecular complexity index is 554. The highest BCUT2D eigenvalue weighted by Gasteiger charge is 2.40. The number of rotatable bonds is 6. The highest BCUT2D eigenvalue weighted by Crippen LogP contribution is 2.33. The number of hydrogen-bond donors (Lipinski definition) is 2. The molecule has 1 saturated heterocycles. The van der Waals surface area contributed by atoms with E-state index in [4.69, 9.17) is 5.11 Å². The van der Waals surface area contributed by atoms with E-state index < -0.39 is 27.4 Å². The maximum atomic E-state index is 12.6. The van der Waals surface area contributed by atoms with E-state index >= 15 is 0 Å². The molecule has 2 aliphatic rings. The SMILES string of the molecule is CCS(=O)(=O)N1CCCC(C(=O)NC2(CC(=O)O)CCCC2)C1. The van der Waals surface area contributed by atoms with E-state index in [0.29, 0.717) is 32.2 Å². The lowest BCUT2D eigenvalue weighted by Gasteiger charge is -2.35. The van der Waals surface area contributed by atoms with E-state index in [1.807, 2.05) is 0 Å². The van der Waals surface area contributed by atoms with Crippen molar-refractivity contribution in [2.24, 2.45) is 5.92 Å². The number of carbonyl (C=O) groups excluding carboxylic acids is 1. The predicted octanol–water partition coefficient (Wildman–Crippen LogP) is 0.952. The van der Waals surface area contributed by atoms with E-state index in [2.05, 4.69) is 5.32 Å². The molecule has 0 bridgehead atoms. The molecule has 1 saturated carbocycles. The molecular formula is C15H26N2O5S. The molecule has 1 heterocycles. The van der Waals surface area contributed by atoms with Crippen LogP contribution < -0.4 is 5.32 Å². The van der Waals surface area contributed by atoms with Crippen molar-refractivity contribution < 1.29 is 23.1 Å². The van der Waals surface area contributed by atoms with Crippen molar-refractivity contribution in [1.82, 2.24) is 9.62 Å². The molecule has 2 rings (SSSR count). The molecule has 0 spiro atoms. The topological polar surface area (TPSA) is 104 Å². The molecule has 1 aliphatic heterocycles. The fourth-order valence-electron chi connectivity index (χ4n) is 3.64. The molecule has 132 valence electrons. The summed E-state index contributed by atoms with van der Waals surface area (Å²) in [6.45, 7) is 2.25. The van der Waals surface area contributed by atoms with Crippen LogP contribution in [-0.2, 0) is 19.6 Å². The second-order valence-electron chi connectivity index (χ2n) is 6.64. The number of nitrogens with one attached hydrogen (secondary N) is 1. The van der Waals surface area contributed by atoms with E-state index in [-0.39, 0.29) is 24.6 Å². The molecule has 0 aromatic heterocycles. The Morgan fingerprint density at radius 3 is 2.48 bits per heavy atom. The smallest absolute Gasteiger partial charge is 0.305 e. The summed E-state index contributed by atoms with van der Waals surface area (Å²) in [5.74, 6) is -1.48. The van der Waals surface area contributed by atoms with Crippen LogP contribution >= 0.6 is 0 Å². The van der Waals surface area contributed by atoms with Gasteiger partial charge in [-0.2, -0.15) is 0 Å². The largest absolute Gasteiger partial charge is 0.481 e. The predicted molar refractivity (Wildman–Crippen MR) is 85.4 cm³/mol. The van der Waals surface area contributed by atoms with Gasteiger partial charge in [0.2, 0.25) is 15.9 Å². The Balaban J connectivity index is 2.03. The zero-order valence-electron chi connectivity index (χ0n) is 13.6. The fourth-order valence-corrected chi connectivity index (χ4v) is 4.82. The Labute approximate surface area is 137 Å². The molecule has 2 fully saturated rings. The van der Waals surface area contributed by atoms with Gasteiger partial charge < -0.3 is 10.4 Å². The van der Waals surface area contributed by atoms with Gasteiger partial charge in [0, 0.05) is 13.1 Å². The molecule has 7 nitrogen and oxygen atoms in total. The zero-order valence-corrected chi connectivity index (χ0v) is 14.4. The number of sulfonamides is 1. The van der Waals surface area contributed by atoms with Crippen LogP contribution in [0.25, 0.3) is 0 Å². The number of carboxylic acids is 1. The van der Waals surface area contributed by atoms with Crippen molar-refractivity contribution >= 4 is 21.9 Å². The van der Waals surface area contributed by atoms with E-state index in [9.17, 15) is 18.0 Å². The summed E-state index contributed by atoms with van der Waals surface area (Å²) in [5.41, 5.74) is -0.658. The molecule has 1 atom stereocenters. The maximum absolute atomic E-state index is 12.6. The first-order chi connectivity index (χ1) is 10.8. The van der Waals surface area contributed by atoms with Gasteiger partial charge in [-0.1, -0.05) is 12.8 Å². The number of amides is 1. The van der Waals surface area contributed by atoms with Crippen molar-refractivity contribution in [2.75, 3.05) is 18.8 Å². The van der Waals surface area contributed by atoms with Gasteiger partial charge >= 0.3 is 5.97 Å². The number of piperidine rings is 1. The molecule has 1 aliphatic carbocycles. The monoisotopic (exact) mass is 346 g/mol. The lowest BCUT2D eigenvalue weighted by Crippen LogP contribution is -2.53. The highest BCUT2D eigenvalue weighted by molar-refractivity contribution is 7.89. The van der Waals surface area contributed by atoms with Gasteiger partial charge in [0.05, 0.1) is 23.6 Å². The molecule has 0 aromatic rings. The normalized spacial score (nSPS) is 25.2. The van der Waals surface area contributed by atoms with Gasteiger partial charge in [0.25, 0.3) is 0 Å². The Hall–Kier alpha value is -1.15. The van der Waals surface area contributed by atoms with Crippen LogP contribution in [0.5, 0.6) is 0 Å². The van der Waals surface area contributed by atoms with Crippen molar-refractivity contribution in [3.05, 3.63) is 0 Å². The second-order valence-corrected chi connectivity index (χ2v) is 8.90. The average Bonchev–Trinajstić information content (AvgIpc) is 2.94. The van der Waals surface area contributed by atoms with Crippen molar-refractivity contribution in [3.63, 3.8) is 0 Å². The summed E-state index contributed by atoms with van der Waals surface area (Å²) in [4.78, 5) is 23.7. The first kappa shape index (κ1) is 18.2. The maximum Gasteiger partial charge on any atom is 0.305 e. The summed E-state index contributed by atoms with van der Waals surface area (Å²) in [7, 11) is -3.29. The van der Waals surface area contributed by atoms with E-state index in [0.717, 1.165) is 12.8 Å². The summed E-state index contributed by atoms with van der Waals surface area (Å²) >= 11 is 0. The van der Waals surface area contributed by atoms with Crippen LogP contribution in [0, 0.1) is 5.92 Å². The summed E-state index contributed by atoms with van der Waals surface area (Å²) in [6.07, 6.45) is 4.41. The van der Waals surface area contributed by atoms with Gasteiger partial charge in [0.15, 0.2) is 0 Å². The van der Waals surface area contributed by atoms with E-state index in [1.54, 1.807) is 6.92 Å². The second kappa shape index (κ2) is 7.17. The molecule has 1 amide bonds. The molecular weight excluding hydrogens is 320 g/mol. The molecule has 0 radical (unpaired) electrons. The van der Waals surface area contributed by atoms with Gasteiger partial charge in [-0.05, 0) is 32.6 Å². The van der Waals surface area contributed by atoms with Crippen molar-refractivity contribution in [3.8, 4) is 0 Å². The highest BCUT2D eigenvalue weighted by atomic mass is 32.2. The third kappa shape index (κ3) is 4.44. The molecule has 23 heavy (non-hydrogen) atoms. The standard InChI is InChI=1S/C15H26N2O5S/c1-2-23(21,22)17-9-5-6-12(11-17)14(20)16-15(10-13(18)19)7-3-4-8-15/h12H,2-11H2,1H3,(H,16,20)(H,18,19). The minimum absolute atomic E-state index is 0.0320. The molecule has 2 N–H and O–H groups in total. The van der Waals surface area contributed by atoms with Crippen LogP contribution in [0.1, 0.15) is 51.9 Å². The van der Waals surface area contributed by atoms with Crippen LogP contribution in [0.3, 0.4) is 0 Å². The third-order valence-corrected chi connectivity index (χ3v) is 6.80. The van der Waals surface area contributed by atoms with Gasteiger partial charge in [-0.25, -0.2) is 12.7 Å². The number of carboxylic acid groups (broad SMARTS) is 1.